The number of aliphatic carboxylic acids is 1. The number of ether oxygens (including phenoxy) is 1. The first-order valence-corrected chi connectivity index (χ1v) is 6.15. The van der Waals surface area contributed by atoms with Gasteiger partial charge in [-0.3, -0.25) is 4.79 Å². The number of nitrogens with zero attached hydrogens (tertiary/aromatic N) is 3. The molecule has 10 heteroatoms. The molecule has 0 saturated heterocycles. The molecule has 0 aromatic carbocycles. The minimum atomic E-state index is -1.15. The second-order valence-electron chi connectivity index (χ2n) is 2.62. The van der Waals surface area contributed by atoms with Crippen molar-refractivity contribution in [3.63, 3.8) is 0 Å². The molecule has 1 atom stereocenters. The largest absolute Gasteiger partial charge is 0.481 e. The quantitative estimate of drug-likeness (QED) is 0.323. The highest BCUT2D eigenvalue weighted by molar-refractivity contribution is 9.39. The lowest BCUT2D eigenvalue weighted by Gasteiger charge is -2.17. The van der Waals surface area contributed by atoms with Crippen LogP contribution in [0.2, 0.25) is 0 Å². The number of halogens is 3. The third-order valence-electron chi connectivity index (χ3n) is 1.36. The Morgan fingerprint density at radius 3 is 2.44 bits per heavy atom. The summed E-state index contributed by atoms with van der Waals surface area (Å²) in [5.41, 5.74) is 7.92. The first-order chi connectivity index (χ1) is 7.26. The van der Waals surface area contributed by atoms with Gasteiger partial charge in [0.25, 0.3) is 0 Å². The second-order valence-corrected chi connectivity index (χ2v) is 9.87. The van der Waals surface area contributed by atoms with Gasteiger partial charge in [-0.15, -0.1) is 0 Å². The van der Waals surface area contributed by atoms with Gasteiger partial charge in [-0.2, -0.15) is 0 Å². The maximum absolute atomic E-state index is 10.8. The smallest absolute Gasteiger partial charge is 0.396 e. The first kappa shape index (κ1) is 15.7. The molecular formula is C6H6Br3N3O4. The van der Waals surface area contributed by atoms with Gasteiger partial charge in [-0.05, 0) is 12.0 Å². The molecule has 0 fully saturated rings. The summed E-state index contributed by atoms with van der Waals surface area (Å²) in [5.74, 6) is -2.06. The number of carbonyl (C=O) groups is 2. The third-order valence-corrected chi connectivity index (χ3v) is 2.33. The third kappa shape index (κ3) is 7.91. The van der Waals surface area contributed by atoms with Crippen LogP contribution in [0.25, 0.3) is 10.4 Å². The van der Waals surface area contributed by atoms with Gasteiger partial charge in [0, 0.05) is 10.0 Å². The highest BCUT2D eigenvalue weighted by Crippen LogP contribution is 2.39. The zero-order valence-electron chi connectivity index (χ0n) is 7.64. The number of carboxylic acid groups (broad SMARTS) is 1. The molecule has 1 amide bonds. The number of hydrogen-bond acceptors (Lipinski definition) is 3. The van der Waals surface area contributed by atoms with Crippen molar-refractivity contribution >= 4 is 59.9 Å². The van der Waals surface area contributed by atoms with Crippen molar-refractivity contribution in [2.45, 2.75) is 8.56 Å². The van der Waals surface area contributed by atoms with Crippen LogP contribution in [0.15, 0.2) is 5.11 Å². The molecule has 0 heterocycles. The lowest BCUT2D eigenvalue weighted by molar-refractivity contribution is -0.143. The van der Waals surface area contributed by atoms with Crippen LogP contribution in [0.1, 0.15) is 6.42 Å². The van der Waals surface area contributed by atoms with Crippen LogP contribution in [0.3, 0.4) is 0 Å². The molecule has 0 aliphatic carbocycles. The highest BCUT2D eigenvalue weighted by atomic mass is 80.0. The molecule has 0 saturated carbocycles. The zero-order chi connectivity index (χ0) is 12.8. The van der Waals surface area contributed by atoms with E-state index >= 15 is 0 Å². The Morgan fingerprint density at radius 2 is 2.06 bits per heavy atom. The maximum atomic E-state index is 10.8. The van der Waals surface area contributed by atoms with E-state index in [1.807, 2.05) is 0 Å². The average molecular weight is 424 g/mol. The van der Waals surface area contributed by atoms with Gasteiger partial charge in [-0.25, -0.2) is 4.79 Å². The van der Waals surface area contributed by atoms with Crippen LogP contribution in [-0.2, 0) is 9.53 Å². The minimum Gasteiger partial charge on any atom is -0.481 e. The van der Waals surface area contributed by atoms with Gasteiger partial charge in [0.1, 0.15) is 8.75 Å². The number of carbonyl (C=O) groups excluding carboxylic acids is 1. The normalized spacial score (nSPS) is 12.4. The molecule has 0 aromatic rings. The molecule has 90 valence electrons. The lowest BCUT2D eigenvalue weighted by Crippen LogP contribution is -2.25. The van der Waals surface area contributed by atoms with Crippen molar-refractivity contribution in [2.24, 2.45) is 11.0 Å². The Bertz CT molecular complexity index is 323. The first-order valence-electron chi connectivity index (χ1n) is 3.77. The summed E-state index contributed by atoms with van der Waals surface area (Å²) in [6.45, 7) is -0.377. The van der Waals surface area contributed by atoms with E-state index in [1.54, 1.807) is 0 Å². The van der Waals surface area contributed by atoms with Crippen LogP contribution < -0.4 is 0 Å². The topological polar surface area (TPSA) is 112 Å². The molecule has 0 aliphatic rings. The summed E-state index contributed by atoms with van der Waals surface area (Å²) < 4.78 is 3.70. The lowest BCUT2D eigenvalue weighted by atomic mass is 10.1. The Morgan fingerprint density at radius 1 is 1.50 bits per heavy atom. The predicted octanol–water partition coefficient (Wildman–Crippen LogP) is 3.36. The van der Waals surface area contributed by atoms with Crippen molar-refractivity contribution in [2.75, 3.05) is 6.61 Å². The fourth-order valence-corrected chi connectivity index (χ4v) is 1.91. The van der Waals surface area contributed by atoms with Crippen molar-refractivity contribution in [1.29, 1.82) is 0 Å². The standard InChI is InChI=1S/C6H6Br3N3O4/c7-6(8,9)1-3(4(13)14)2-16-5(15)11-12-10/h3H,1-2H2,(H,13,14). The van der Waals surface area contributed by atoms with E-state index in [-0.39, 0.29) is 13.0 Å². The Hall–Kier alpha value is -0.310. The van der Waals surface area contributed by atoms with Crippen molar-refractivity contribution in [1.82, 2.24) is 0 Å². The van der Waals surface area contributed by atoms with Gasteiger partial charge in [0.15, 0.2) is 0 Å². The van der Waals surface area contributed by atoms with Gasteiger partial charge in [-0.1, -0.05) is 47.8 Å². The van der Waals surface area contributed by atoms with Crippen LogP contribution in [0.5, 0.6) is 0 Å². The van der Waals surface area contributed by atoms with E-state index in [0.29, 0.717) is 0 Å². The number of rotatable bonds is 4. The molecule has 0 bridgehead atoms. The summed E-state index contributed by atoms with van der Waals surface area (Å²) in [7, 11) is 0. The van der Waals surface area contributed by atoms with E-state index in [2.05, 4.69) is 62.6 Å². The van der Waals surface area contributed by atoms with Gasteiger partial charge >= 0.3 is 12.1 Å². The zero-order valence-corrected chi connectivity index (χ0v) is 12.4. The van der Waals surface area contributed by atoms with Crippen molar-refractivity contribution < 1.29 is 19.4 Å². The van der Waals surface area contributed by atoms with E-state index in [1.165, 1.54) is 0 Å². The molecule has 16 heavy (non-hydrogen) atoms. The van der Waals surface area contributed by atoms with Crippen molar-refractivity contribution in [3.8, 4) is 0 Å². The molecular weight excluding hydrogens is 418 g/mol. The fourth-order valence-electron chi connectivity index (χ4n) is 0.734. The Balaban J connectivity index is 4.31. The summed E-state index contributed by atoms with van der Waals surface area (Å²) in [5, 5.41) is 11.5. The van der Waals surface area contributed by atoms with E-state index in [4.69, 9.17) is 10.6 Å². The van der Waals surface area contributed by atoms with Crippen LogP contribution in [0, 0.1) is 5.92 Å². The van der Waals surface area contributed by atoms with E-state index in [9.17, 15) is 9.59 Å². The summed E-state index contributed by atoms with van der Waals surface area (Å²) >= 11 is 9.40. The molecule has 0 radical (unpaired) electrons. The van der Waals surface area contributed by atoms with Gasteiger partial charge in [0.05, 0.1) is 5.92 Å². The van der Waals surface area contributed by atoms with E-state index in [0.717, 1.165) is 0 Å². The average Bonchev–Trinajstić information content (AvgIpc) is 2.10. The summed E-state index contributed by atoms with van der Waals surface area (Å²) in [4.78, 5) is 23.7. The van der Waals surface area contributed by atoms with Crippen LogP contribution in [-0.4, -0.2) is 25.9 Å². The highest BCUT2D eigenvalue weighted by Gasteiger charge is 2.29. The van der Waals surface area contributed by atoms with Gasteiger partial charge < -0.3 is 9.84 Å². The SMILES string of the molecule is [N-]=[N+]=NC(=O)OCC(CC(Br)(Br)Br)C(=O)O. The van der Waals surface area contributed by atoms with Gasteiger partial charge in [0.2, 0.25) is 0 Å². The summed E-state index contributed by atoms with van der Waals surface area (Å²) in [6, 6.07) is 0. The van der Waals surface area contributed by atoms with Crippen LogP contribution >= 0.6 is 47.8 Å². The molecule has 0 spiro atoms. The molecule has 1 N–H and O–H groups in total. The predicted molar refractivity (Wildman–Crippen MR) is 65.7 cm³/mol. The number of amides is 1. The molecule has 7 nitrogen and oxygen atoms in total. The fraction of sp³-hybridized carbons (Fsp3) is 0.667. The summed E-state index contributed by atoms with van der Waals surface area (Å²) in [6.07, 6.45) is -1.04. The number of carboxylic acids is 1. The Labute approximate surface area is 116 Å². The molecule has 1 unspecified atom stereocenters. The number of azide groups is 1. The number of alkyl halides is 3. The Kier molecular flexibility index (Phi) is 6.96. The van der Waals surface area contributed by atoms with Crippen molar-refractivity contribution in [3.05, 3.63) is 10.4 Å². The molecule has 0 aliphatic heterocycles. The monoisotopic (exact) mass is 421 g/mol. The molecule has 0 aromatic heterocycles. The van der Waals surface area contributed by atoms with E-state index < -0.39 is 20.1 Å². The minimum absolute atomic E-state index is 0.117. The van der Waals surface area contributed by atoms with Crippen LogP contribution in [0.4, 0.5) is 4.79 Å². The molecule has 0 rings (SSSR count). The maximum Gasteiger partial charge on any atom is 0.396 e. The number of hydrogen-bond donors (Lipinski definition) is 1. The second kappa shape index (κ2) is 7.10.